The van der Waals surface area contributed by atoms with Gasteiger partial charge in [0.15, 0.2) is 0 Å². The molecule has 1 aromatic rings. The fourth-order valence-electron chi connectivity index (χ4n) is 2.57. The smallest absolute Gasteiger partial charge is 0.305 e. The molecule has 0 aromatic heterocycles. The Hall–Kier alpha value is -1.42. The highest BCUT2D eigenvalue weighted by Crippen LogP contribution is 2.27. The predicted octanol–water partition coefficient (Wildman–Crippen LogP) is 2.83. The van der Waals surface area contributed by atoms with E-state index in [4.69, 9.17) is 5.11 Å². The highest BCUT2D eigenvalue weighted by Gasteiger charge is 2.24. The van der Waals surface area contributed by atoms with E-state index in [1.165, 1.54) is 18.6 Å². The van der Waals surface area contributed by atoms with Gasteiger partial charge >= 0.3 is 5.97 Å². The third kappa shape index (κ3) is 3.29. The van der Waals surface area contributed by atoms with Gasteiger partial charge in [0, 0.05) is 6.04 Å². The van der Waals surface area contributed by atoms with E-state index in [1.54, 1.807) is 6.07 Å². The average molecular weight is 251 g/mol. The Morgan fingerprint density at radius 3 is 2.67 bits per heavy atom. The van der Waals surface area contributed by atoms with Crippen molar-refractivity contribution in [3.05, 3.63) is 35.6 Å². The SMILES string of the molecule is O=C(O)CC(c1cccc(F)c1)N1CCCCC1. The van der Waals surface area contributed by atoms with E-state index >= 15 is 0 Å². The summed E-state index contributed by atoms with van der Waals surface area (Å²) in [6.07, 6.45) is 3.40. The molecule has 0 bridgehead atoms. The Morgan fingerprint density at radius 2 is 2.06 bits per heavy atom. The summed E-state index contributed by atoms with van der Waals surface area (Å²) < 4.78 is 13.3. The van der Waals surface area contributed by atoms with Crippen molar-refractivity contribution in [2.75, 3.05) is 13.1 Å². The Labute approximate surface area is 106 Å². The minimum Gasteiger partial charge on any atom is -0.481 e. The molecule has 1 aliphatic rings. The summed E-state index contributed by atoms with van der Waals surface area (Å²) in [5.74, 6) is -1.14. The van der Waals surface area contributed by atoms with Crippen LogP contribution in [0.5, 0.6) is 0 Å². The van der Waals surface area contributed by atoms with E-state index < -0.39 is 5.97 Å². The number of nitrogens with zero attached hydrogens (tertiary/aromatic N) is 1. The minimum absolute atomic E-state index is 0.0312. The molecule has 1 saturated heterocycles. The van der Waals surface area contributed by atoms with Crippen LogP contribution in [0.25, 0.3) is 0 Å². The summed E-state index contributed by atoms with van der Waals surface area (Å²) >= 11 is 0. The number of likely N-dealkylation sites (tertiary alicyclic amines) is 1. The second kappa shape index (κ2) is 5.96. The standard InChI is InChI=1S/C14H18FNO2/c15-12-6-4-5-11(9-12)13(10-14(17)18)16-7-2-1-3-8-16/h4-6,9,13H,1-3,7-8,10H2,(H,17,18). The lowest BCUT2D eigenvalue weighted by Gasteiger charge is -2.34. The number of hydrogen-bond acceptors (Lipinski definition) is 2. The molecule has 1 unspecified atom stereocenters. The number of halogens is 1. The largest absolute Gasteiger partial charge is 0.481 e. The number of benzene rings is 1. The van der Waals surface area contributed by atoms with Crippen molar-refractivity contribution in [3.63, 3.8) is 0 Å². The van der Waals surface area contributed by atoms with Crippen LogP contribution < -0.4 is 0 Å². The summed E-state index contributed by atoms with van der Waals surface area (Å²) in [5.41, 5.74) is 0.763. The Morgan fingerprint density at radius 1 is 1.33 bits per heavy atom. The quantitative estimate of drug-likeness (QED) is 0.894. The lowest BCUT2D eigenvalue weighted by Crippen LogP contribution is -2.35. The van der Waals surface area contributed by atoms with Gasteiger partial charge in [0.1, 0.15) is 5.82 Å². The molecule has 3 nitrogen and oxygen atoms in total. The zero-order valence-corrected chi connectivity index (χ0v) is 10.3. The number of hydrogen-bond donors (Lipinski definition) is 1. The monoisotopic (exact) mass is 251 g/mol. The first kappa shape index (κ1) is 13.0. The molecule has 1 heterocycles. The molecule has 0 spiro atoms. The Balaban J connectivity index is 2.20. The molecule has 2 rings (SSSR count). The van der Waals surface area contributed by atoms with Crippen LogP contribution >= 0.6 is 0 Å². The van der Waals surface area contributed by atoms with Gasteiger partial charge in [-0.1, -0.05) is 18.6 Å². The van der Waals surface area contributed by atoms with Crippen LogP contribution in [-0.4, -0.2) is 29.1 Å². The predicted molar refractivity (Wildman–Crippen MR) is 66.8 cm³/mol. The second-order valence-electron chi connectivity index (χ2n) is 4.77. The minimum atomic E-state index is -0.838. The molecule has 0 saturated carbocycles. The van der Waals surface area contributed by atoms with Gasteiger partial charge in [0.25, 0.3) is 0 Å². The summed E-state index contributed by atoms with van der Waals surface area (Å²) in [7, 11) is 0. The molecule has 0 amide bonds. The number of rotatable bonds is 4. The van der Waals surface area contributed by atoms with Gasteiger partial charge in [-0.25, -0.2) is 4.39 Å². The van der Waals surface area contributed by atoms with E-state index in [0.717, 1.165) is 31.5 Å². The van der Waals surface area contributed by atoms with Gasteiger partial charge in [-0.2, -0.15) is 0 Å². The topological polar surface area (TPSA) is 40.5 Å². The maximum atomic E-state index is 13.3. The van der Waals surface area contributed by atoms with E-state index in [2.05, 4.69) is 4.90 Å². The van der Waals surface area contributed by atoms with Gasteiger partial charge in [0.2, 0.25) is 0 Å². The maximum Gasteiger partial charge on any atom is 0.305 e. The molecule has 18 heavy (non-hydrogen) atoms. The molecule has 0 aliphatic carbocycles. The molecule has 1 fully saturated rings. The summed E-state index contributed by atoms with van der Waals surface area (Å²) in [6.45, 7) is 1.79. The van der Waals surface area contributed by atoms with Crippen molar-refractivity contribution >= 4 is 5.97 Å². The molecule has 0 radical (unpaired) electrons. The van der Waals surface area contributed by atoms with Crippen LogP contribution in [0.15, 0.2) is 24.3 Å². The molecule has 1 aliphatic heterocycles. The van der Waals surface area contributed by atoms with Gasteiger partial charge in [-0.3, -0.25) is 9.69 Å². The normalized spacial score (nSPS) is 18.5. The van der Waals surface area contributed by atoms with Crippen LogP contribution in [0.1, 0.15) is 37.3 Å². The van der Waals surface area contributed by atoms with Crippen LogP contribution in [0.4, 0.5) is 4.39 Å². The second-order valence-corrected chi connectivity index (χ2v) is 4.77. The van der Waals surface area contributed by atoms with Crippen LogP contribution in [0, 0.1) is 5.82 Å². The first-order valence-electron chi connectivity index (χ1n) is 6.38. The number of carbonyl (C=O) groups is 1. The summed E-state index contributed by atoms with van der Waals surface area (Å²) in [6, 6.07) is 6.08. The van der Waals surface area contributed by atoms with Crippen LogP contribution in [0.3, 0.4) is 0 Å². The molecular formula is C14H18FNO2. The van der Waals surface area contributed by atoms with Crippen molar-refractivity contribution < 1.29 is 14.3 Å². The van der Waals surface area contributed by atoms with E-state index in [9.17, 15) is 9.18 Å². The first-order chi connectivity index (χ1) is 8.66. The lowest BCUT2D eigenvalue weighted by atomic mass is 9.99. The molecule has 1 aromatic carbocycles. The molecule has 98 valence electrons. The molecule has 1 N–H and O–H groups in total. The zero-order chi connectivity index (χ0) is 13.0. The van der Waals surface area contributed by atoms with Gasteiger partial charge in [0.05, 0.1) is 6.42 Å². The number of aliphatic carboxylic acids is 1. The van der Waals surface area contributed by atoms with E-state index in [0.29, 0.717) is 0 Å². The Kier molecular flexibility index (Phi) is 4.31. The fraction of sp³-hybridized carbons (Fsp3) is 0.500. The van der Waals surface area contributed by atoms with Crippen molar-refractivity contribution in [1.82, 2.24) is 4.90 Å². The summed E-state index contributed by atoms with van der Waals surface area (Å²) in [4.78, 5) is 13.1. The van der Waals surface area contributed by atoms with Crippen LogP contribution in [-0.2, 0) is 4.79 Å². The van der Waals surface area contributed by atoms with Crippen molar-refractivity contribution in [3.8, 4) is 0 Å². The van der Waals surface area contributed by atoms with Crippen molar-refractivity contribution in [1.29, 1.82) is 0 Å². The molecular weight excluding hydrogens is 233 g/mol. The van der Waals surface area contributed by atoms with Gasteiger partial charge in [-0.15, -0.1) is 0 Å². The van der Waals surface area contributed by atoms with Gasteiger partial charge in [-0.05, 0) is 43.6 Å². The highest BCUT2D eigenvalue weighted by atomic mass is 19.1. The number of carboxylic acid groups (broad SMARTS) is 1. The third-order valence-corrected chi connectivity index (χ3v) is 3.43. The van der Waals surface area contributed by atoms with E-state index in [1.807, 2.05) is 6.07 Å². The third-order valence-electron chi connectivity index (χ3n) is 3.43. The fourth-order valence-corrected chi connectivity index (χ4v) is 2.57. The van der Waals surface area contributed by atoms with Crippen molar-refractivity contribution in [2.45, 2.75) is 31.7 Å². The maximum absolute atomic E-state index is 13.3. The average Bonchev–Trinajstić information content (AvgIpc) is 2.37. The van der Waals surface area contributed by atoms with Crippen molar-refractivity contribution in [2.24, 2.45) is 0 Å². The molecule has 4 heteroatoms. The van der Waals surface area contributed by atoms with Crippen LogP contribution in [0.2, 0.25) is 0 Å². The number of carboxylic acids is 1. The molecule has 1 atom stereocenters. The zero-order valence-electron chi connectivity index (χ0n) is 10.3. The lowest BCUT2D eigenvalue weighted by molar-refractivity contribution is -0.138. The first-order valence-corrected chi connectivity index (χ1v) is 6.38. The van der Waals surface area contributed by atoms with Gasteiger partial charge < -0.3 is 5.11 Å². The number of piperidine rings is 1. The van der Waals surface area contributed by atoms with E-state index in [-0.39, 0.29) is 18.3 Å². The Bertz CT molecular complexity index is 416. The highest BCUT2D eigenvalue weighted by molar-refractivity contribution is 5.68. The summed E-state index contributed by atoms with van der Waals surface area (Å²) in [5, 5.41) is 9.02.